The molecule has 1 fully saturated rings. The van der Waals surface area contributed by atoms with Crippen LogP contribution in [0.25, 0.3) is 0 Å². The molecular formula is C13H18N2O2. The van der Waals surface area contributed by atoms with Gasteiger partial charge in [-0.15, -0.1) is 0 Å². The topological polar surface area (TPSA) is 61.4 Å². The normalized spacial score (nSPS) is 19.2. The second kappa shape index (κ2) is 5.68. The fourth-order valence-corrected chi connectivity index (χ4v) is 2.08. The number of hydrogen-bond acceptors (Lipinski definition) is 3. The molecule has 1 saturated heterocycles. The van der Waals surface area contributed by atoms with Gasteiger partial charge in [-0.25, -0.2) is 0 Å². The van der Waals surface area contributed by atoms with Crippen LogP contribution < -0.4 is 10.6 Å². The van der Waals surface area contributed by atoms with Crippen LogP contribution in [0.4, 0.5) is 0 Å². The molecular weight excluding hydrogens is 216 g/mol. The second-order valence-electron chi connectivity index (χ2n) is 4.44. The van der Waals surface area contributed by atoms with E-state index in [0.29, 0.717) is 19.0 Å². The summed E-state index contributed by atoms with van der Waals surface area (Å²) in [6.07, 6.45) is 2.64. The molecule has 1 aliphatic rings. The summed E-state index contributed by atoms with van der Waals surface area (Å²) in [5.74, 6) is 0.206. The molecule has 0 aliphatic carbocycles. The minimum Gasteiger partial charge on any atom is -0.508 e. The van der Waals surface area contributed by atoms with Gasteiger partial charge in [-0.1, -0.05) is 12.1 Å². The van der Waals surface area contributed by atoms with Crippen LogP contribution in [0.15, 0.2) is 24.3 Å². The highest BCUT2D eigenvalue weighted by Crippen LogP contribution is 2.11. The lowest BCUT2D eigenvalue weighted by molar-refractivity contribution is -0.120. The molecule has 0 saturated carbocycles. The number of carbonyl (C=O) groups is 1. The molecule has 92 valence electrons. The average molecular weight is 234 g/mol. The summed E-state index contributed by atoms with van der Waals surface area (Å²) in [4.78, 5) is 11.7. The molecule has 4 heteroatoms. The lowest BCUT2D eigenvalue weighted by Crippen LogP contribution is -2.37. The molecule has 3 N–H and O–H groups in total. The number of aromatic hydroxyl groups is 1. The van der Waals surface area contributed by atoms with Crippen LogP contribution in [0.5, 0.6) is 5.75 Å². The van der Waals surface area contributed by atoms with Crippen molar-refractivity contribution >= 4 is 5.91 Å². The highest BCUT2D eigenvalue weighted by molar-refractivity contribution is 5.78. The zero-order chi connectivity index (χ0) is 12.1. The lowest BCUT2D eigenvalue weighted by atomic mass is 10.1. The van der Waals surface area contributed by atoms with Crippen molar-refractivity contribution in [2.45, 2.75) is 25.3 Å². The van der Waals surface area contributed by atoms with Gasteiger partial charge < -0.3 is 15.7 Å². The molecule has 0 bridgehead atoms. The highest BCUT2D eigenvalue weighted by Gasteiger charge is 2.14. The number of benzene rings is 1. The third-order valence-electron chi connectivity index (χ3n) is 2.98. The Morgan fingerprint density at radius 3 is 3.12 bits per heavy atom. The number of amides is 1. The molecule has 1 amide bonds. The minimum atomic E-state index is 0.00398. The van der Waals surface area contributed by atoms with Crippen molar-refractivity contribution in [2.75, 3.05) is 13.1 Å². The second-order valence-corrected chi connectivity index (χ2v) is 4.44. The first-order valence-corrected chi connectivity index (χ1v) is 6.02. The molecule has 1 aromatic rings. The van der Waals surface area contributed by atoms with E-state index in [1.165, 1.54) is 6.42 Å². The van der Waals surface area contributed by atoms with Gasteiger partial charge in [-0.3, -0.25) is 4.79 Å². The van der Waals surface area contributed by atoms with Gasteiger partial charge >= 0.3 is 0 Å². The maximum atomic E-state index is 11.7. The van der Waals surface area contributed by atoms with Crippen molar-refractivity contribution in [3.05, 3.63) is 29.8 Å². The van der Waals surface area contributed by atoms with E-state index in [0.717, 1.165) is 18.5 Å². The third-order valence-corrected chi connectivity index (χ3v) is 2.98. The standard InChI is InChI=1S/C13H18N2O2/c16-12-5-1-3-10(7-12)8-13(17)15-9-11-4-2-6-14-11/h1,3,5,7,11,14,16H,2,4,6,8-9H2,(H,15,17)/t11-/m0/s1. The molecule has 0 aromatic heterocycles. The molecule has 1 aromatic carbocycles. The zero-order valence-electron chi connectivity index (χ0n) is 9.78. The van der Waals surface area contributed by atoms with Gasteiger partial charge in [0.1, 0.15) is 5.75 Å². The molecule has 2 rings (SSSR count). The van der Waals surface area contributed by atoms with Crippen LogP contribution in [0.1, 0.15) is 18.4 Å². The summed E-state index contributed by atoms with van der Waals surface area (Å²) in [6, 6.07) is 7.23. The highest BCUT2D eigenvalue weighted by atomic mass is 16.3. The Morgan fingerprint density at radius 1 is 1.53 bits per heavy atom. The maximum Gasteiger partial charge on any atom is 0.224 e. The van der Waals surface area contributed by atoms with Crippen LogP contribution in [0.2, 0.25) is 0 Å². The predicted octanol–water partition coefficient (Wildman–Crippen LogP) is 0.803. The third kappa shape index (κ3) is 3.75. The Hall–Kier alpha value is -1.55. The Morgan fingerprint density at radius 2 is 2.41 bits per heavy atom. The van der Waals surface area contributed by atoms with Crippen LogP contribution in [0.3, 0.4) is 0 Å². The number of phenolic OH excluding ortho intramolecular Hbond substituents is 1. The minimum absolute atomic E-state index is 0.00398. The molecule has 1 aliphatic heterocycles. The Labute approximate surface area is 101 Å². The Balaban J connectivity index is 1.76. The fraction of sp³-hybridized carbons (Fsp3) is 0.462. The van der Waals surface area contributed by atoms with Gasteiger partial charge in [0, 0.05) is 12.6 Å². The van der Waals surface area contributed by atoms with Crippen molar-refractivity contribution in [3.63, 3.8) is 0 Å². The van der Waals surface area contributed by atoms with Crippen molar-refractivity contribution in [1.29, 1.82) is 0 Å². The van der Waals surface area contributed by atoms with E-state index in [1.54, 1.807) is 18.2 Å². The molecule has 17 heavy (non-hydrogen) atoms. The number of nitrogens with one attached hydrogen (secondary N) is 2. The first-order valence-electron chi connectivity index (χ1n) is 6.02. The summed E-state index contributed by atoms with van der Waals surface area (Å²) in [6.45, 7) is 1.74. The van der Waals surface area contributed by atoms with Crippen LogP contribution >= 0.6 is 0 Å². The van der Waals surface area contributed by atoms with Gasteiger partial charge in [0.2, 0.25) is 5.91 Å². The number of rotatable bonds is 4. The van der Waals surface area contributed by atoms with Gasteiger partial charge in [-0.2, -0.15) is 0 Å². The summed E-state index contributed by atoms with van der Waals surface area (Å²) in [5, 5.41) is 15.5. The van der Waals surface area contributed by atoms with E-state index < -0.39 is 0 Å². The van der Waals surface area contributed by atoms with Crippen molar-refractivity contribution in [3.8, 4) is 5.75 Å². The zero-order valence-corrected chi connectivity index (χ0v) is 9.78. The van der Waals surface area contributed by atoms with E-state index in [-0.39, 0.29) is 11.7 Å². The SMILES string of the molecule is O=C(Cc1cccc(O)c1)NC[C@@H]1CCCN1. The van der Waals surface area contributed by atoms with Crippen molar-refractivity contribution in [1.82, 2.24) is 10.6 Å². The Kier molecular flexibility index (Phi) is 3.98. The molecule has 0 unspecified atom stereocenters. The smallest absolute Gasteiger partial charge is 0.224 e. The summed E-state index contributed by atoms with van der Waals surface area (Å²) < 4.78 is 0. The van der Waals surface area contributed by atoms with E-state index in [1.807, 2.05) is 6.07 Å². The quantitative estimate of drug-likeness (QED) is 0.722. The maximum absolute atomic E-state index is 11.7. The van der Waals surface area contributed by atoms with Crippen LogP contribution in [0, 0.1) is 0 Å². The number of phenols is 1. The van der Waals surface area contributed by atoms with Crippen LogP contribution in [-0.4, -0.2) is 30.1 Å². The molecule has 1 heterocycles. The number of hydrogen-bond donors (Lipinski definition) is 3. The predicted molar refractivity (Wildman–Crippen MR) is 65.8 cm³/mol. The van der Waals surface area contributed by atoms with E-state index in [4.69, 9.17) is 0 Å². The van der Waals surface area contributed by atoms with E-state index >= 15 is 0 Å². The van der Waals surface area contributed by atoms with Gasteiger partial charge in [0.15, 0.2) is 0 Å². The molecule has 0 spiro atoms. The van der Waals surface area contributed by atoms with Crippen molar-refractivity contribution in [2.24, 2.45) is 0 Å². The summed E-state index contributed by atoms with van der Waals surface area (Å²) in [5.41, 5.74) is 0.835. The first kappa shape index (κ1) is 11.9. The van der Waals surface area contributed by atoms with Crippen LogP contribution in [-0.2, 0) is 11.2 Å². The Bertz CT molecular complexity index is 387. The average Bonchev–Trinajstić information content (AvgIpc) is 2.79. The molecule has 4 nitrogen and oxygen atoms in total. The van der Waals surface area contributed by atoms with Gasteiger partial charge in [0.25, 0.3) is 0 Å². The summed E-state index contributed by atoms with van der Waals surface area (Å²) >= 11 is 0. The fourth-order valence-electron chi connectivity index (χ4n) is 2.08. The summed E-state index contributed by atoms with van der Waals surface area (Å²) in [7, 11) is 0. The first-order chi connectivity index (χ1) is 8.24. The van der Waals surface area contributed by atoms with E-state index in [2.05, 4.69) is 10.6 Å². The van der Waals surface area contributed by atoms with Gasteiger partial charge in [0.05, 0.1) is 6.42 Å². The largest absolute Gasteiger partial charge is 0.508 e. The van der Waals surface area contributed by atoms with E-state index in [9.17, 15) is 9.90 Å². The van der Waals surface area contributed by atoms with Gasteiger partial charge in [-0.05, 0) is 37.1 Å². The monoisotopic (exact) mass is 234 g/mol. The lowest BCUT2D eigenvalue weighted by Gasteiger charge is -2.11. The number of carbonyl (C=O) groups excluding carboxylic acids is 1. The molecule has 1 atom stereocenters. The molecule has 0 radical (unpaired) electrons. The van der Waals surface area contributed by atoms with Crippen molar-refractivity contribution < 1.29 is 9.90 Å².